The zero-order valence-corrected chi connectivity index (χ0v) is 16.9. The van der Waals surface area contributed by atoms with Crippen molar-refractivity contribution in [3.8, 4) is 0 Å². The molecule has 0 bridgehead atoms. The normalized spacial score (nSPS) is 11.1. The fourth-order valence-corrected chi connectivity index (χ4v) is 3.94. The van der Waals surface area contributed by atoms with Gasteiger partial charge in [0.15, 0.2) is 0 Å². The third-order valence-corrected chi connectivity index (χ3v) is 5.45. The highest BCUT2D eigenvalue weighted by Gasteiger charge is 2.17. The van der Waals surface area contributed by atoms with Crippen LogP contribution >= 0.6 is 0 Å². The summed E-state index contributed by atoms with van der Waals surface area (Å²) in [4.78, 5) is 4.63. The molecule has 0 N–H and O–H groups in total. The second-order valence-electron chi connectivity index (χ2n) is 7.68. The van der Waals surface area contributed by atoms with Crippen LogP contribution in [-0.4, -0.2) is 9.38 Å². The Morgan fingerprint density at radius 1 is 0.633 bits per heavy atom. The summed E-state index contributed by atoms with van der Waals surface area (Å²) in [6.45, 7) is 0.817. The van der Waals surface area contributed by atoms with E-state index in [4.69, 9.17) is 0 Å². The quantitative estimate of drug-likeness (QED) is 0.380. The van der Waals surface area contributed by atoms with Crippen molar-refractivity contribution in [3.05, 3.63) is 138 Å². The molecule has 0 unspecified atom stereocenters. The lowest BCUT2D eigenvalue weighted by molar-refractivity contribution is -0.664. The number of imidazole rings is 1. The maximum absolute atomic E-state index is 4.63. The number of hydrogen-bond acceptors (Lipinski definition) is 1. The molecule has 2 aromatic heterocycles. The average Bonchev–Trinajstić information content (AvgIpc) is 3.14. The second-order valence-corrected chi connectivity index (χ2v) is 7.68. The smallest absolute Gasteiger partial charge is 0.227 e. The molecule has 146 valence electrons. The molecule has 3 nitrogen and oxygen atoms in total. The molecule has 0 aliphatic carbocycles. The van der Waals surface area contributed by atoms with E-state index >= 15 is 0 Å². The second kappa shape index (κ2) is 8.34. The van der Waals surface area contributed by atoms with Crippen molar-refractivity contribution >= 4 is 5.78 Å². The fourth-order valence-electron chi connectivity index (χ4n) is 3.94. The van der Waals surface area contributed by atoms with E-state index in [9.17, 15) is 0 Å². The zero-order valence-electron chi connectivity index (χ0n) is 16.9. The van der Waals surface area contributed by atoms with E-state index in [2.05, 4.69) is 111 Å². The number of aromatic nitrogens is 3. The highest BCUT2D eigenvalue weighted by atomic mass is 15.2. The van der Waals surface area contributed by atoms with Crippen LogP contribution in [0.4, 0.5) is 0 Å². The van der Waals surface area contributed by atoms with E-state index in [1.165, 1.54) is 27.9 Å². The molecule has 3 aromatic carbocycles. The van der Waals surface area contributed by atoms with Gasteiger partial charge >= 0.3 is 5.78 Å². The molecule has 5 aromatic rings. The summed E-state index contributed by atoms with van der Waals surface area (Å²) in [5.41, 5.74) is 6.51. The van der Waals surface area contributed by atoms with Crippen molar-refractivity contribution in [1.29, 1.82) is 0 Å². The van der Waals surface area contributed by atoms with Gasteiger partial charge in [-0.15, -0.1) is 0 Å². The van der Waals surface area contributed by atoms with Crippen LogP contribution in [0.1, 0.15) is 27.9 Å². The van der Waals surface area contributed by atoms with E-state index in [1.807, 2.05) is 12.3 Å². The lowest BCUT2D eigenvalue weighted by atomic mass is 10.0. The SMILES string of the molecule is c1ccc(Cc2ccc(Cc3c[n+](Cc4ccccc4)c4ncccn34)cc2)cc1. The number of nitrogens with zero attached hydrogens (tertiary/aromatic N) is 3. The summed E-state index contributed by atoms with van der Waals surface area (Å²) < 4.78 is 4.43. The maximum Gasteiger partial charge on any atom is 0.403 e. The lowest BCUT2D eigenvalue weighted by Crippen LogP contribution is -2.33. The van der Waals surface area contributed by atoms with Crippen molar-refractivity contribution in [3.63, 3.8) is 0 Å². The van der Waals surface area contributed by atoms with E-state index in [-0.39, 0.29) is 0 Å². The van der Waals surface area contributed by atoms with Gasteiger partial charge in [0, 0.05) is 12.5 Å². The fraction of sp³-hybridized carbons (Fsp3) is 0.111. The molecule has 0 radical (unpaired) electrons. The molecule has 2 heterocycles. The summed E-state index contributed by atoms with van der Waals surface area (Å²) in [5, 5.41) is 0. The number of fused-ring (bicyclic) bond motifs is 1. The van der Waals surface area contributed by atoms with Crippen molar-refractivity contribution < 1.29 is 4.57 Å². The highest BCUT2D eigenvalue weighted by Crippen LogP contribution is 2.14. The Kier molecular flexibility index (Phi) is 5.09. The summed E-state index contributed by atoms with van der Waals surface area (Å²) in [7, 11) is 0. The molecule has 5 rings (SSSR count). The standard InChI is InChI=1S/C27H24N3/c1-3-8-22(9-4-1)18-23-12-14-24(15-13-23)19-26-21-29(20-25-10-5-2-6-11-25)27-28-16-7-17-30(26)27/h1-17,21H,18-20H2/q+1. The minimum Gasteiger partial charge on any atom is -0.227 e. The molecule has 0 aliphatic rings. The number of benzene rings is 3. The topological polar surface area (TPSA) is 21.2 Å². The van der Waals surface area contributed by atoms with E-state index in [0.29, 0.717) is 0 Å². The third kappa shape index (κ3) is 4.01. The zero-order chi connectivity index (χ0) is 20.2. The van der Waals surface area contributed by atoms with Gasteiger partial charge in [0.25, 0.3) is 0 Å². The van der Waals surface area contributed by atoms with Crippen LogP contribution < -0.4 is 4.57 Å². The molecule has 0 amide bonds. The Labute approximate surface area is 176 Å². The predicted octanol–water partition coefficient (Wildman–Crippen LogP) is 4.85. The molecular weight excluding hydrogens is 366 g/mol. The van der Waals surface area contributed by atoms with E-state index < -0.39 is 0 Å². The molecule has 30 heavy (non-hydrogen) atoms. The van der Waals surface area contributed by atoms with Crippen LogP contribution in [0.2, 0.25) is 0 Å². The Hall–Kier alpha value is -3.72. The summed E-state index contributed by atoms with van der Waals surface area (Å²) in [6, 6.07) is 32.1. The van der Waals surface area contributed by atoms with E-state index in [0.717, 1.165) is 25.2 Å². The molecule has 0 fully saturated rings. The Balaban J connectivity index is 1.39. The van der Waals surface area contributed by atoms with Crippen molar-refractivity contribution in [1.82, 2.24) is 9.38 Å². The Bertz CT molecular complexity index is 1240. The minimum atomic E-state index is 0.817. The van der Waals surface area contributed by atoms with Crippen molar-refractivity contribution in [2.45, 2.75) is 19.4 Å². The van der Waals surface area contributed by atoms with Gasteiger partial charge in [0.05, 0.1) is 12.7 Å². The molecule has 0 saturated heterocycles. The van der Waals surface area contributed by atoms with E-state index in [1.54, 1.807) is 0 Å². The van der Waals surface area contributed by atoms with Gasteiger partial charge in [0.2, 0.25) is 0 Å². The third-order valence-electron chi connectivity index (χ3n) is 5.45. The van der Waals surface area contributed by atoms with Crippen LogP contribution in [-0.2, 0) is 19.4 Å². The van der Waals surface area contributed by atoms with Gasteiger partial charge in [-0.05, 0) is 28.7 Å². The Morgan fingerprint density at radius 2 is 1.23 bits per heavy atom. The van der Waals surface area contributed by atoms with Gasteiger partial charge in [-0.25, -0.2) is 8.97 Å². The predicted molar refractivity (Wildman–Crippen MR) is 119 cm³/mol. The molecule has 0 aliphatic heterocycles. The van der Waals surface area contributed by atoms with Crippen LogP contribution in [0.15, 0.2) is 110 Å². The molecular formula is C27H24N3+. The van der Waals surface area contributed by atoms with Crippen LogP contribution in [0.5, 0.6) is 0 Å². The van der Waals surface area contributed by atoms with Gasteiger partial charge in [-0.3, -0.25) is 0 Å². The van der Waals surface area contributed by atoms with Crippen LogP contribution in [0, 0.1) is 0 Å². The molecule has 0 spiro atoms. The van der Waals surface area contributed by atoms with Gasteiger partial charge in [-0.2, -0.15) is 0 Å². The van der Waals surface area contributed by atoms with Crippen LogP contribution in [0.25, 0.3) is 5.78 Å². The van der Waals surface area contributed by atoms with Gasteiger partial charge in [-0.1, -0.05) is 89.9 Å². The van der Waals surface area contributed by atoms with Crippen molar-refractivity contribution in [2.75, 3.05) is 0 Å². The first-order valence-corrected chi connectivity index (χ1v) is 10.4. The molecule has 3 heteroatoms. The number of hydrogen-bond donors (Lipinski definition) is 0. The maximum atomic E-state index is 4.63. The lowest BCUT2D eigenvalue weighted by Gasteiger charge is -2.04. The molecule has 0 atom stereocenters. The van der Waals surface area contributed by atoms with Crippen LogP contribution in [0.3, 0.4) is 0 Å². The average molecular weight is 391 g/mol. The van der Waals surface area contributed by atoms with Gasteiger partial charge in [0.1, 0.15) is 18.1 Å². The first kappa shape index (κ1) is 18.3. The minimum absolute atomic E-state index is 0.817. The number of rotatable bonds is 6. The Morgan fingerprint density at radius 3 is 1.93 bits per heavy atom. The highest BCUT2D eigenvalue weighted by molar-refractivity contribution is 5.32. The largest absolute Gasteiger partial charge is 0.403 e. The summed E-state index contributed by atoms with van der Waals surface area (Å²) in [5.74, 6) is 0.969. The monoisotopic (exact) mass is 390 g/mol. The van der Waals surface area contributed by atoms with Crippen molar-refractivity contribution in [2.24, 2.45) is 0 Å². The first-order valence-electron chi connectivity index (χ1n) is 10.4. The first-order chi connectivity index (χ1) is 14.8. The summed E-state index contributed by atoms with van der Waals surface area (Å²) >= 11 is 0. The van der Waals surface area contributed by atoms with Gasteiger partial charge < -0.3 is 0 Å². The summed E-state index contributed by atoms with van der Waals surface area (Å²) in [6.07, 6.45) is 8.03. The molecule has 0 saturated carbocycles.